The zero-order valence-corrected chi connectivity index (χ0v) is 7.27. The zero-order chi connectivity index (χ0) is 9.73. The maximum absolute atomic E-state index is 9.03. The van der Waals surface area contributed by atoms with E-state index in [9.17, 15) is 0 Å². The van der Waals surface area contributed by atoms with Gasteiger partial charge < -0.3 is 10.2 Å². The van der Waals surface area contributed by atoms with Crippen molar-refractivity contribution in [3.8, 4) is 0 Å². The second-order valence-corrected chi connectivity index (χ2v) is 2.52. The van der Waals surface area contributed by atoms with Gasteiger partial charge in [-0.05, 0) is 12.1 Å². The first-order chi connectivity index (χ1) is 6.14. The Morgan fingerprint density at radius 1 is 1.54 bits per heavy atom. The summed E-state index contributed by atoms with van der Waals surface area (Å²) in [5.41, 5.74) is 2.32. The predicted molar refractivity (Wildman–Crippen MR) is 46.4 cm³/mol. The molecular formula is C8H12N2O3. The van der Waals surface area contributed by atoms with Crippen LogP contribution in [0.15, 0.2) is 24.4 Å². The van der Waals surface area contributed by atoms with Gasteiger partial charge >= 0.3 is 0 Å². The Morgan fingerprint density at radius 2 is 2.31 bits per heavy atom. The smallest absolute Gasteiger partial charge is 0.299 e. The summed E-state index contributed by atoms with van der Waals surface area (Å²) in [4.78, 5) is 8.42. The fourth-order valence-corrected chi connectivity index (χ4v) is 0.629. The fourth-order valence-electron chi connectivity index (χ4n) is 0.629. The average molecular weight is 184 g/mol. The van der Waals surface area contributed by atoms with E-state index in [1.165, 1.54) is 0 Å². The largest absolute Gasteiger partial charge is 0.342 e. The number of aromatic nitrogens is 1. The van der Waals surface area contributed by atoms with Crippen LogP contribution in [-0.4, -0.2) is 21.2 Å². The lowest BCUT2D eigenvalue weighted by molar-refractivity contribution is -0.326. The lowest BCUT2D eigenvalue weighted by Crippen LogP contribution is -2.33. The molecule has 1 rings (SSSR count). The Hall–Kier alpha value is -1.17. The lowest BCUT2D eigenvalue weighted by Gasteiger charge is -2.19. The summed E-state index contributed by atoms with van der Waals surface area (Å²) in [7, 11) is 0. The molecular weight excluding hydrogens is 172 g/mol. The van der Waals surface area contributed by atoms with Crippen molar-refractivity contribution in [3.63, 3.8) is 0 Å². The van der Waals surface area contributed by atoms with Crippen LogP contribution in [0.25, 0.3) is 0 Å². The lowest BCUT2D eigenvalue weighted by atomic mass is 10.4. The second-order valence-electron chi connectivity index (χ2n) is 2.52. The Balaban J connectivity index is 2.44. The minimum atomic E-state index is -2.16. The molecule has 0 saturated carbocycles. The summed E-state index contributed by atoms with van der Waals surface area (Å²) in [6.07, 6.45) is 1.63. The van der Waals surface area contributed by atoms with Gasteiger partial charge in [0.25, 0.3) is 5.97 Å². The van der Waals surface area contributed by atoms with Crippen molar-refractivity contribution >= 4 is 5.82 Å². The quantitative estimate of drug-likeness (QED) is 0.468. The van der Waals surface area contributed by atoms with Gasteiger partial charge in [-0.15, -0.1) is 0 Å². The summed E-state index contributed by atoms with van der Waals surface area (Å²) in [5, 5.41) is 18.1. The number of aliphatic hydroxyl groups is 2. The van der Waals surface area contributed by atoms with Crippen LogP contribution in [0.3, 0.4) is 0 Å². The van der Waals surface area contributed by atoms with Crippen LogP contribution in [-0.2, 0) is 4.84 Å². The molecule has 3 N–H and O–H groups in total. The minimum Gasteiger partial charge on any atom is -0.342 e. The van der Waals surface area contributed by atoms with Gasteiger partial charge in [0.2, 0.25) is 0 Å². The summed E-state index contributed by atoms with van der Waals surface area (Å²) >= 11 is 0. The molecule has 0 aliphatic carbocycles. The van der Waals surface area contributed by atoms with Crippen molar-refractivity contribution in [1.82, 2.24) is 4.98 Å². The van der Waals surface area contributed by atoms with E-state index in [2.05, 4.69) is 15.3 Å². The van der Waals surface area contributed by atoms with Crippen molar-refractivity contribution in [2.24, 2.45) is 0 Å². The number of pyridine rings is 1. The summed E-state index contributed by atoms with van der Waals surface area (Å²) in [5.74, 6) is -1.74. The van der Waals surface area contributed by atoms with Crippen molar-refractivity contribution in [1.29, 1.82) is 0 Å². The van der Waals surface area contributed by atoms with Crippen LogP contribution in [0, 0.1) is 0 Å². The van der Waals surface area contributed by atoms with Crippen molar-refractivity contribution < 1.29 is 15.1 Å². The number of anilines is 1. The van der Waals surface area contributed by atoms with Crippen LogP contribution < -0.4 is 5.48 Å². The van der Waals surface area contributed by atoms with E-state index >= 15 is 0 Å². The summed E-state index contributed by atoms with van der Waals surface area (Å²) < 4.78 is 0. The second kappa shape index (κ2) is 4.18. The molecule has 0 atom stereocenters. The molecule has 0 saturated heterocycles. The Bertz CT molecular complexity index is 251. The summed E-state index contributed by atoms with van der Waals surface area (Å²) in [6, 6.07) is 5.14. The Kier molecular flexibility index (Phi) is 3.18. The van der Waals surface area contributed by atoms with Crippen LogP contribution in [0.5, 0.6) is 0 Å². The topological polar surface area (TPSA) is 74.6 Å². The highest BCUT2D eigenvalue weighted by Gasteiger charge is 2.21. The van der Waals surface area contributed by atoms with E-state index < -0.39 is 5.97 Å². The monoisotopic (exact) mass is 184 g/mol. The molecule has 72 valence electrons. The molecule has 1 heterocycles. The third kappa shape index (κ3) is 3.37. The maximum Gasteiger partial charge on any atom is 0.299 e. The average Bonchev–Trinajstić information content (AvgIpc) is 2.17. The maximum atomic E-state index is 9.03. The molecule has 1 aromatic rings. The number of hydrogen-bond donors (Lipinski definition) is 3. The van der Waals surface area contributed by atoms with E-state index in [0.717, 1.165) is 0 Å². The van der Waals surface area contributed by atoms with Gasteiger partial charge in [0.15, 0.2) is 0 Å². The predicted octanol–water partition coefficient (Wildman–Crippen LogP) is 0.473. The van der Waals surface area contributed by atoms with E-state index in [0.29, 0.717) is 5.82 Å². The number of hydrogen-bond acceptors (Lipinski definition) is 5. The van der Waals surface area contributed by atoms with E-state index in [1.807, 2.05) is 0 Å². The zero-order valence-electron chi connectivity index (χ0n) is 7.27. The number of nitrogens with zero attached hydrogens (tertiary/aromatic N) is 1. The van der Waals surface area contributed by atoms with Gasteiger partial charge in [-0.25, -0.2) is 15.3 Å². The first-order valence-corrected chi connectivity index (χ1v) is 3.94. The normalized spacial score (nSPS) is 11.3. The van der Waals surface area contributed by atoms with Gasteiger partial charge in [-0.1, -0.05) is 13.0 Å². The highest BCUT2D eigenvalue weighted by molar-refractivity contribution is 5.29. The van der Waals surface area contributed by atoms with Gasteiger partial charge in [0, 0.05) is 12.6 Å². The molecule has 5 heteroatoms. The van der Waals surface area contributed by atoms with Crippen LogP contribution >= 0.6 is 0 Å². The molecule has 0 spiro atoms. The molecule has 1 aromatic heterocycles. The molecule has 0 amide bonds. The number of rotatable bonds is 4. The molecule has 0 fully saturated rings. The minimum absolute atomic E-state index is 0.0623. The Morgan fingerprint density at radius 3 is 2.85 bits per heavy atom. The SMILES string of the molecule is CCC(O)(O)ONc1ccccn1. The number of nitrogens with one attached hydrogen (secondary N) is 1. The van der Waals surface area contributed by atoms with Crippen LogP contribution in [0.2, 0.25) is 0 Å². The first-order valence-electron chi connectivity index (χ1n) is 3.94. The molecule has 0 aliphatic heterocycles. The van der Waals surface area contributed by atoms with E-state index in [1.54, 1.807) is 31.3 Å². The van der Waals surface area contributed by atoms with E-state index in [4.69, 9.17) is 10.2 Å². The standard InChI is InChI=1S/C8H12N2O3/c1-2-8(11,12)13-10-7-5-3-4-6-9-7/h3-6,11-12H,2H2,1H3,(H,9,10). The molecule has 0 radical (unpaired) electrons. The summed E-state index contributed by atoms with van der Waals surface area (Å²) in [6.45, 7) is 1.58. The molecule has 0 aromatic carbocycles. The van der Waals surface area contributed by atoms with Gasteiger partial charge in [0.05, 0.1) is 0 Å². The van der Waals surface area contributed by atoms with Crippen LogP contribution in [0.1, 0.15) is 13.3 Å². The highest BCUT2D eigenvalue weighted by atomic mass is 16.8. The van der Waals surface area contributed by atoms with Gasteiger partial charge in [-0.3, -0.25) is 0 Å². The van der Waals surface area contributed by atoms with Gasteiger partial charge in [-0.2, -0.15) is 0 Å². The van der Waals surface area contributed by atoms with Crippen molar-refractivity contribution in [3.05, 3.63) is 24.4 Å². The molecule has 0 unspecified atom stereocenters. The van der Waals surface area contributed by atoms with Crippen molar-refractivity contribution in [2.75, 3.05) is 5.48 Å². The van der Waals surface area contributed by atoms with Crippen LogP contribution in [0.4, 0.5) is 5.82 Å². The highest BCUT2D eigenvalue weighted by Crippen LogP contribution is 2.08. The molecule has 0 bridgehead atoms. The Labute approximate surface area is 76.0 Å². The van der Waals surface area contributed by atoms with E-state index in [-0.39, 0.29) is 6.42 Å². The third-order valence-corrected chi connectivity index (χ3v) is 1.44. The molecule has 5 nitrogen and oxygen atoms in total. The first kappa shape index (κ1) is 9.91. The fraction of sp³-hybridized carbons (Fsp3) is 0.375. The third-order valence-electron chi connectivity index (χ3n) is 1.44. The van der Waals surface area contributed by atoms with Crippen molar-refractivity contribution in [2.45, 2.75) is 19.3 Å². The van der Waals surface area contributed by atoms with Gasteiger partial charge in [0.1, 0.15) is 5.82 Å². The molecule has 0 aliphatic rings. The molecule has 13 heavy (non-hydrogen) atoms.